The lowest BCUT2D eigenvalue weighted by molar-refractivity contribution is -0.142. The highest BCUT2D eigenvalue weighted by atomic mass is 16.5. The summed E-state index contributed by atoms with van der Waals surface area (Å²) in [6, 6.07) is -0.366. The predicted octanol–water partition coefficient (Wildman–Crippen LogP) is 1.60. The van der Waals surface area contributed by atoms with E-state index >= 15 is 0 Å². The second-order valence-electron chi connectivity index (χ2n) is 5.68. The van der Waals surface area contributed by atoms with Crippen molar-refractivity contribution in [2.75, 3.05) is 26.8 Å². The molecule has 4 nitrogen and oxygen atoms in total. The molecule has 3 atom stereocenters. The van der Waals surface area contributed by atoms with E-state index in [1.54, 1.807) is 14.0 Å². The lowest BCUT2D eigenvalue weighted by Gasteiger charge is -2.38. The smallest absolute Gasteiger partial charge is 0.320 e. The Morgan fingerprint density at radius 3 is 3.00 bits per heavy atom. The first-order chi connectivity index (χ1) is 8.09. The van der Waals surface area contributed by atoms with E-state index in [1.165, 1.54) is 25.7 Å². The molecule has 1 saturated carbocycles. The molecule has 1 heterocycles. The van der Waals surface area contributed by atoms with Crippen LogP contribution in [-0.2, 0) is 9.53 Å². The maximum atomic E-state index is 11.1. The van der Waals surface area contributed by atoms with E-state index in [1.807, 2.05) is 0 Å². The van der Waals surface area contributed by atoms with Crippen molar-refractivity contribution < 1.29 is 14.6 Å². The van der Waals surface area contributed by atoms with Crippen molar-refractivity contribution in [1.29, 1.82) is 0 Å². The van der Waals surface area contributed by atoms with Crippen molar-refractivity contribution in [2.45, 2.75) is 38.6 Å². The van der Waals surface area contributed by atoms with E-state index in [2.05, 4.69) is 4.90 Å². The van der Waals surface area contributed by atoms with Crippen LogP contribution in [0.2, 0.25) is 0 Å². The first kappa shape index (κ1) is 12.8. The largest absolute Gasteiger partial charge is 0.480 e. The van der Waals surface area contributed by atoms with Crippen molar-refractivity contribution >= 4 is 5.97 Å². The summed E-state index contributed by atoms with van der Waals surface area (Å²) in [5.41, 5.74) is 0.219. The maximum Gasteiger partial charge on any atom is 0.320 e. The van der Waals surface area contributed by atoms with Gasteiger partial charge in [-0.3, -0.25) is 9.69 Å². The molecule has 0 aromatic carbocycles. The first-order valence-electron chi connectivity index (χ1n) is 6.55. The highest BCUT2D eigenvalue weighted by Gasteiger charge is 2.49. The molecule has 0 aromatic heterocycles. The number of ether oxygens (including phenoxy) is 1. The van der Waals surface area contributed by atoms with Crippen LogP contribution < -0.4 is 0 Å². The van der Waals surface area contributed by atoms with E-state index in [4.69, 9.17) is 9.84 Å². The number of carboxylic acid groups (broad SMARTS) is 1. The fourth-order valence-electron chi connectivity index (χ4n) is 3.60. The average Bonchev–Trinajstić information content (AvgIpc) is 2.67. The minimum atomic E-state index is -0.712. The molecule has 1 N–H and O–H groups in total. The van der Waals surface area contributed by atoms with E-state index in [-0.39, 0.29) is 11.5 Å². The number of nitrogens with zero attached hydrogens (tertiary/aromatic N) is 1. The van der Waals surface area contributed by atoms with E-state index in [9.17, 15) is 4.79 Å². The van der Waals surface area contributed by atoms with Crippen molar-refractivity contribution in [3.8, 4) is 0 Å². The summed E-state index contributed by atoms with van der Waals surface area (Å²) in [6.07, 6.45) is 4.96. The van der Waals surface area contributed by atoms with E-state index in [0.717, 1.165) is 19.7 Å². The molecule has 2 rings (SSSR count). The van der Waals surface area contributed by atoms with Gasteiger partial charge >= 0.3 is 5.97 Å². The highest BCUT2D eigenvalue weighted by molar-refractivity contribution is 5.72. The number of carboxylic acids is 1. The predicted molar refractivity (Wildman–Crippen MR) is 64.9 cm³/mol. The van der Waals surface area contributed by atoms with E-state index < -0.39 is 5.97 Å². The van der Waals surface area contributed by atoms with Gasteiger partial charge in [0.15, 0.2) is 0 Å². The number of rotatable bonds is 4. The van der Waals surface area contributed by atoms with Crippen LogP contribution in [0.15, 0.2) is 0 Å². The molecule has 1 aliphatic heterocycles. The Labute approximate surface area is 103 Å². The fraction of sp³-hybridized carbons (Fsp3) is 0.923. The second-order valence-corrected chi connectivity index (χ2v) is 5.68. The third-order valence-corrected chi connectivity index (χ3v) is 4.65. The molecule has 0 spiro atoms. The van der Waals surface area contributed by atoms with Crippen LogP contribution in [0.3, 0.4) is 0 Å². The molecule has 0 amide bonds. The van der Waals surface area contributed by atoms with Gasteiger partial charge in [0.1, 0.15) is 6.04 Å². The third-order valence-electron chi connectivity index (χ3n) is 4.65. The van der Waals surface area contributed by atoms with Crippen molar-refractivity contribution in [1.82, 2.24) is 4.90 Å². The summed E-state index contributed by atoms with van der Waals surface area (Å²) in [5.74, 6) is -0.0887. The Morgan fingerprint density at radius 2 is 2.35 bits per heavy atom. The molecule has 98 valence electrons. The van der Waals surface area contributed by atoms with Gasteiger partial charge in [-0.05, 0) is 25.7 Å². The molecular formula is C13H23NO3. The van der Waals surface area contributed by atoms with Crippen molar-refractivity contribution in [2.24, 2.45) is 11.3 Å². The van der Waals surface area contributed by atoms with Gasteiger partial charge in [0.2, 0.25) is 0 Å². The van der Waals surface area contributed by atoms with Crippen LogP contribution in [0.25, 0.3) is 0 Å². The van der Waals surface area contributed by atoms with Gasteiger partial charge < -0.3 is 9.84 Å². The molecule has 2 aliphatic rings. The Hall–Kier alpha value is -0.610. The van der Waals surface area contributed by atoms with E-state index in [0.29, 0.717) is 5.92 Å². The van der Waals surface area contributed by atoms with Gasteiger partial charge in [-0.25, -0.2) is 0 Å². The van der Waals surface area contributed by atoms with Gasteiger partial charge in [-0.1, -0.05) is 12.8 Å². The average molecular weight is 241 g/mol. The standard InChI is InChI=1S/C13H23NO3/c1-10(12(15)16)14-7-11-5-3-4-6-13(11,8-14)9-17-2/h10-11H,3-9H2,1-2H3,(H,15,16). The summed E-state index contributed by atoms with van der Waals surface area (Å²) < 4.78 is 5.40. The zero-order valence-corrected chi connectivity index (χ0v) is 10.8. The van der Waals surface area contributed by atoms with Gasteiger partial charge in [0, 0.05) is 25.6 Å². The van der Waals surface area contributed by atoms with Crippen molar-refractivity contribution in [3.63, 3.8) is 0 Å². The zero-order valence-electron chi connectivity index (χ0n) is 10.8. The van der Waals surface area contributed by atoms with Gasteiger partial charge in [0.25, 0.3) is 0 Å². The molecule has 17 heavy (non-hydrogen) atoms. The molecular weight excluding hydrogens is 218 g/mol. The number of hydrogen-bond donors (Lipinski definition) is 1. The monoisotopic (exact) mass is 241 g/mol. The fourth-order valence-corrected chi connectivity index (χ4v) is 3.60. The van der Waals surface area contributed by atoms with Gasteiger partial charge in [-0.15, -0.1) is 0 Å². The van der Waals surface area contributed by atoms with Crippen LogP contribution in [-0.4, -0.2) is 48.8 Å². The Morgan fingerprint density at radius 1 is 1.59 bits per heavy atom. The Bertz CT molecular complexity index is 290. The number of fused-ring (bicyclic) bond motifs is 1. The number of hydrogen-bond acceptors (Lipinski definition) is 3. The second kappa shape index (κ2) is 4.94. The zero-order chi connectivity index (χ0) is 12.5. The molecule has 3 unspecified atom stereocenters. The van der Waals surface area contributed by atoms with Crippen LogP contribution in [0.5, 0.6) is 0 Å². The van der Waals surface area contributed by atoms with Crippen LogP contribution in [0.1, 0.15) is 32.6 Å². The first-order valence-corrected chi connectivity index (χ1v) is 6.55. The SMILES string of the molecule is COCC12CCCCC1CN(C(C)C(=O)O)C2. The quantitative estimate of drug-likeness (QED) is 0.812. The number of likely N-dealkylation sites (tertiary alicyclic amines) is 1. The molecule has 1 saturated heterocycles. The summed E-state index contributed by atoms with van der Waals surface area (Å²) in [6.45, 7) is 4.39. The van der Waals surface area contributed by atoms with Gasteiger partial charge in [-0.2, -0.15) is 0 Å². The molecule has 0 bridgehead atoms. The maximum absolute atomic E-state index is 11.1. The Balaban J connectivity index is 2.10. The lowest BCUT2D eigenvalue weighted by atomic mass is 9.69. The summed E-state index contributed by atoms with van der Waals surface area (Å²) in [4.78, 5) is 13.2. The van der Waals surface area contributed by atoms with Crippen molar-refractivity contribution in [3.05, 3.63) is 0 Å². The van der Waals surface area contributed by atoms with Crippen LogP contribution in [0, 0.1) is 11.3 Å². The van der Waals surface area contributed by atoms with Gasteiger partial charge in [0.05, 0.1) is 6.61 Å². The Kier molecular flexibility index (Phi) is 3.73. The summed E-state index contributed by atoms with van der Waals surface area (Å²) >= 11 is 0. The number of carbonyl (C=O) groups is 1. The minimum absolute atomic E-state index is 0.219. The summed E-state index contributed by atoms with van der Waals surface area (Å²) in [5, 5.41) is 9.12. The number of methoxy groups -OCH3 is 1. The van der Waals surface area contributed by atoms with Crippen LogP contribution >= 0.6 is 0 Å². The molecule has 1 aliphatic carbocycles. The van der Waals surface area contributed by atoms with Crippen LogP contribution in [0.4, 0.5) is 0 Å². The molecule has 0 aromatic rings. The minimum Gasteiger partial charge on any atom is -0.480 e. The number of aliphatic carboxylic acids is 1. The normalized spacial score (nSPS) is 35.5. The third kappa shape index (κ3) is 2.33. The molecule has 0 radical (unpaired) electrons. The molecule has 2 fully saturated rings. The lowest BCUT2D eigenvalue weighted by Crippen LogP contribution is -2.40. The molecule has 4 heteroatoms. The topological polar surface area (TPSA) is 49.8 Å². The highest BCUT2D eigenvalue weighted by Crippen LogP contribution is 2.47. The summed E-state index contributed by atoms with van der Waals surface area (Å²) in [7, 11) is 1.75.